The number of aliphatic hydroxyl groups excluding tert-OH is 1. The molecule has 0 radical (unpaired) electrons. The van der Waals surface area contributed by atoms with E-state index in [1.807, 2.05) is 48.5 Å². The summed E-state index contributed by atoms with van der Waals surface area (Å²) in [5.74, 6) is 0. The molecule has 0 saturated heterocycles. The van der Waals surface area contributed by atoms with Crippen LogP contribution in [0, 0.1) is 0 Å². The second-order valence-electron chi connectivity index (χ2n) is 7.88. The molecular weight excluding hydrogens is 342 g/mol. The SMILES string of the molecule is CCCCCCCCCCCCN[C@@H](c1ccccc1)[C@@H](O)c1ccccc1. The molecule has 0 amide bonds. The highest BCUT2D eigenvalue weighted by molar-refractivity contribution is 5.26. The van der Waals surface area contributed by atoms with Gasteiger partial charge in [0.15, 0.2) is 0 Å². The first-order valence-electron chi connectivity index (χ1n) is 11.3. The van der Waals surface area contributed by atoms with Crippen molar-refractivity contribution in [2.45, 2.75) is 83.3 Å². The Hall–Kier alpha value is -1.64. The zero-order valence-electron chi connectivity index (χ0n) is 17.7. The molecule has 2 rings (SSSR count). The monoisotopic (exact) mass is 381 g/mol. The third-order valence-corrected chi connectivity index (χ3v) is 5.51. The quantitative estimate of drug-likeness (QED) is 0.326. The lowest BCUT2D eigenvalue weighted by atomic mass is 9.95. The van der Waals surface area contributed by atoms with E-state index in [9.17, 15) is 5.11 Å². The zero-order chi connectivity index (χ0) is 19.9. The lowest BCUT2D eigenvalue weighted by molar-refractivity contribution is 0.128. The highest BCUT2D eigenvalue weighted by atomic mass is 16.3. The van der Waals surface area contributed by atoms with E-state index in [1.54, 1.807) is 0 Å². The summed E-state index contributed by atoms with van der Waals surface area (Å²) in [6, 6.07) is 20.2. The molecular formula is C26H39NO. The van der Waals surface area contributed by atoms with Gasteiger partial charge in [-0.05, 0) is 24.1 Å². The summed E-state index contributed by atoms with van der Waals surface area (Å²) >= 11 is 0. The average molecular weight is 382 g/mol. The summed E-state index contributed by atoms with van der Waals surface area (Å²) in [7, 11) is 0. The van der Waals surface area contributed by atoms with Gasteiger partial charge in [-0.1, -0.05) is 125 Å². The van der Waals surface area contributed by atoms with Gasteiger partial charge in [0.1, 0.15) is 0 Å². The van der Waals surface area contributed by atoms with E-state index in [-0.39, 0.29) is 6.04 Å². The number of unbranched alkanes of at least 4 members (excludes halogenated alkanes) is 9. The molecule has 0 heterocycles. The number of rotatable bonds is 15. The molecule has 0 aliphatic rings. The summed E-state index contributed by atoms with van der Waals surface area (Å²) in [5, 5.41) is 14.5. The normalized spacial score (nSPS) is 13.4. The van der Waals surface area contributed by atoms with E-state index in [2.05, 4.69) is 24.4 Å². The van der Waals surface area contributed by atoms with E-state index < -0.39 is 6.10 Å². The second-order valence-corrected chi connectivity index (χ2v) is 7.88. The maximum absolute atomic E-state index is 10.9. The van der Waals surface area contributed by atoms with Crippen LogP contribution in [0.5, 0.6) is 0 Å². The van der Waals surface area contributed by atoms with E-state index >= 15 is 0 Å². The van der Waals surface area contributed by atoms with Crippen molar-refractivity contribution >= 4 is 0 Å². The molecule has 0 unspecified atom stereocenters. The molecule has 0 spiro atoms. The summed E-state index contributed by atoms with van der Waals surface area (Å²) < 4.78 is 0. The molecule has 0 fully saturated rings. The van der Waals surface area contributed by atoms with Gasteiger partial charge in [0.2, 0.25) is 0 Å². The molecule has 0 aliphatic heterocycles. The van der Waals surface area contributed by atoms with Crippen LogP contribution < -0.4 is 5.32 Å². The molecule has 0 aliphatic carbocycles. The topological polar surface area (TPSA) is 32.3 Å². The number of hydrogen-bond acceptors (Lipinski definition) is 2. The predicted octanol–water partition coefficient (Wildman–Crippen LogP) is 6.97. The molecule has 2 nitrogen and oxygen atoms in total. The van der Waals surface area contributed by atoms with Crippen molar-refractivity contribution in [3.05, 3.63) is 71.8 Å². The van der Waals surface area contributed by atoms with Gasteiger partial charge in [0.05, 0.1) is 12.1 Å². The van der Waals surface area contributed by atoms with Crippen LogP contribution in [-0.2, 0) is 0 Å². The van der Waals surface area contributed by atoms with E-state index in [0.717, 1.165) is 17.7 Å². The van der Waals surface area contributed by atoms with Gasteiger partial charge >= 0.3 is 0 Å². The lowest BCUT2D eigenvalue weighted by Gasteiger charge is -2.25. The second kappa shape index (κ2) is 14.4. The van der Waals surface area contributed by atoms with Gasteiger partial charge in [-0.3, -0.25) is 0 Å². The Morgan fingerprint density at radius 2 is 1.11 bits per heavy atom. The van der Waals surface area contributed by atoms with Gasteiger partial charge in [0.25, 0.3) is 0 Å². The van der Waals surface area contributed by atoms with E-state index in [0.29, 0.717) is 0 Å². The zero-order valence-corrected chi connectivity index (χ0v) is 17.7. The first kappa shape index (κ1) is 22.6. The van der Waals surface area contributed by atoms with Crippen LogP contribution in [0.1, 0.15) is 94.4 Å². The summed E-state index contributed by atoms with van der Waals surface area (Å²) in [6.07, 6.45) is 12.9. The van der Waals surface area contributed by atoms with Gasteiger partial charge < -0.3 is 10.4 Å². The lowest BCUT2D eigenvalue weighted by Crippen LogP contribution is -2.28. The van der Waals surface area contributed by atoms with Crippen LogP contribution in [0.25, 0.3) is 0 Å². The Labute approximate surface area is 172 Å². The average Bonchev–Trinajstić information content (AvgIpc) is 2.75. The van der Waals surface area contributed by atoms with E-state index in [1.165, 1.54) is 64.2 Å². The fraction of sp³-hybridized carbons (Fsp3) is 0.538. The third kappa shape index (κ3) is 8.58. The van der Waals surface area contributed by atoms with Crippen molar-refractivity contribution in [3.63, 3.8) is 0 Å². The highest BCUT2D eigenvalue weighted by Gasteiger charge is 2.21. The van der Waals surface area contributed by atoms with Crippen molar-refractivity contribution in [2.75, 3.05) is 6.54 Å². The fourth-order valence-corrected chi connectivity index (χ4v) is 3.78. The Balaban J connectivity index is 1.70. The van der Waals surface area contributed by atoms with Crippen LogP contribution in [0.4, 0.5) is 0 Å². The van der Waals surface area contributed by atoms with Crippen LogP contribution in [0.2, 0.25) is 0 Å². The third-order valence-electron chi connectivity index (χ3n) is 5.51. The van der Waals surface area contributed by atoms with Crippen LogP contribution >= 0.6 is 0 Å². The Bertz CT molecular complexity index is 598. The van der Waals surface area contributed by atoms with Crippen molar-refractivity contribution in [2.24, 2.45) is 0 Å². The summed E-state index contributed by atoms with van der Waals surface area (Å²) in [6.45, 7) is 3.22. The minimum Gasteiger partial charge on any atom is -0.386 e. The number of hydrogen-bond donors (Lipinski definition) is 2. The Morgan fingerprint density at radius 1 is 0.643 bits per heavy atom. The highest BCUT2D eigenvalue weighted by Crippen LogP contribution is 2.28. The van der Waals surface area contributed by atoms with Gasteiger partial charge in [-0.15, -0.1) is 0 Å². The molecule has 0 aromatic heterocycles. The molecule has 2 aromatic carbocycles. The van der Waals surface area contributed by atoms with E-state index in [4.69, 9.17) is 0 Å². The molecule has 0 bridgehead atoms. The first-order valence-corrected chi connectivity index (χ1v) is 11.3. The van der Waals surface area contributed by atoms with Crippen molar-refractivity contribution in [1.82, 2.24) is 5.32 Å². The van der Waals surface area contributed by atoms with Crippen molar-refractivity contribution in [3.8, 4) is 0 Å². The minimum atomic E-state index is -0.535. The number of benzene rings is 2. The van der Waals surface area contributed by atoms with Crippen LogP contribution in [-0.4, -0.2) is 11.7 Å². The molecule has 2 atom stereocenters. The van der Waals surface area contributed by atoms with Gasteiger partial charge in [0, 0.05) is 0 Å². The van der Waals surface area contributed by atoms with Crippen LogP contribution in [0.3, 0.4) is 0 Å². The number of nitrogens with one attached hydrogen (secondary N) is 1. The molecule has 2 aromatic rings. The van der Waals surface area contributed by atoms with Crippen LogP contribution in [0.15, 0.2) is 60.7 Å². The van der Waals surface area contributed by atoms with Gasteiger partial charge in [-0.25, -0.2) is 0 Å². The first-order chi connectivity index (χ1) is 13.8. The minimum absolute atomic E-state index is 0.0674. The maximum atomic E-state index is 10.9. The Kier molecular flexibility index (Phi) is 11.6. The maximum Gasteiger partial charge on any atom is 0.0984 e. The number of aliphatic hydroxyl groups is 1. The molecule has 0 saturated carbocycles. The predicted molar refractivity (Wildman–Crippen MR) is 120 cm³/mol. The summed E-state index contributed by atoms with van der Waals surface area (Å²) in [5.41, 5.74) is 2.11. The standard InChI is InChI=1S/C26H39NO/c1-2-3-4-5-6-7-8-9-10-17-22-27-25(23-18-13-11-14-19-23)26(28)24-20-15-12-16-21-24/h11-16,18-21,25-28H,2-10,17,22H2,1H3/t25-,26-/m0/s1. The largest absolute Gasteiger partial charge is 0.386 e. The smallest absolute Gasteiger partial charge is 0.0984 e. The van der Waals surface area contributed by atoms with Crippen molar-refractivity contribution < 1.29 is 5.11 Å². The Morgan fingerprint density at radius 3 is 1.64 bits per heavy atom. The molecule has 154 valence electrons. The molecule has 2 N–H and O–H groups in total. The van der Waals surface area contributed by atoms with Gasteiger partial charge in [-0.2, -0.15) is 0 Å². The van der Waals surface area contributed by atoms with Crippen molar-refractivity contribution in [1.29, 1.82) is 0 Å². The fourth-order valence-electron chi connectivity index (χ4n) is 3.78. The summed E-state index contributed by atoms with van der Waals surface area (Å²) in [4.78, 5) is 0. The molecule has 28 heavy (non-hydrogen) atoms. The molecule has 2 heteroatoms.